The van der Waals surface area contributed by atoms with E-state index in [2.05, 4.69) is 192 Å². The van der Waals surface area contributed by atoms with Gasteiger partial charge in [0.15, 0.2) is 0 Å². The maximum Gasteiger partial charge on any atom is 0.338 e. The molecule has 0 saturated carbocycles. The normalized spacial score (nSPS) is 12.2. The van der Waals surface area contributed by atoms with E-state index in [1.807, 2.05) is 152 Å². The molecular weight excluding hydrogens is 1770 g/mol. The van der Waals surface area contributed by atoms with Gasteiger partial charge >= 0.3 is 47.8 Å². The molecule has 0 aliphatic rings. The molecule has 141 heavy (non-hydrogen) atoms. The van der Waals surface area contributed by atoms with E-state index in [-0.39, 0.29) is 73.7 Å². The quantitative estimate of drug-likeness (QED) is 0.0153. The van der Waals surface area contributed by atoms with Crippen LogP contribution >= 0.6 is 0 Å². The second-order valence-corrected chi connectivity index (χ2v) is 46.9. The fourth-order valence-electron chi connectivity index (χ4n) is 16.4. The van der Waals surface area contributed by atoms with E-state index in [0.717, 1.165) is 66.8 Å². The van der Waals surface area contributed by atoms with E-state index in [0.29, 0.717) is 114 Å². The molecule has 0 amide bonds. The van der Waals surface area contributed by atoms with Gasteiger partial charge in [-0.3, -0.25) is 19.2 Å². The van der Waals surface area contributed by atoms with Crippen LogP contribution in [0, 0.1) is 60.8 Å². The summed E-state index contributed by atoms with van der Waals surface area (Å²) in [5, 5.41) is 0. The number of hydrogen-bond donors (Lipinski definition) is 0. The van der Waals surface area contributed by atoms with Crippen molar-refractivity contribution in [2.24, 2.45) is 5.41 Å². The minimum absolute atomic E-state index is 0.147. The molecule has 0 aromatic heterocycles. The van der Waals surface area contributed by atoms with Gasteiger partial charge in [-0.2, -0.15) is 0 Å². The van der Waals surface area contributed by atoms with Crippen LogP contribution in [-0.2, 0) is 126 Å². The van der Waals surface area contributed by atoms with Crippen molar-refractivity contribution in [1.82, 2.24) is 0 Å². The van der Waals surface area contributed by atoms with Crippen molar-refractivity contribution in [1.29, 1.82) is 0 Å². The first kappa shape index (κ1) is 114. The van der Waals surface area contributed by atoms with E-state index in [4.69, 9.17) is 56.8 Å². The van der Waals surface area contributed by atoms with Crippen molar-refractivity contribution in [3.63, 3.8) is 0 Å². The number of rotatable bonds is 36. The molecule has 8 rings (SSSR count). The number of hydrogen-bond acceptors (Lipinski definition) is 20. The lowest BCUT2D eigenvalue weighted by Crippen LogP contribution is -2.44. The highest BCUT2D eigenvalue weighted by Crippen LogP contribution is 2.51. The van der Waals surface area contributed by atoms with Gasteiger partial charge in [0, 0.05) is 92.5 Å². The monoisotopic (exact) mass is 1930 g/mol. The highest BCUT2D eigenvalue weighted by atomic mass is 16.6. The third-order valence-corrected chi connectivity index (χ3v) is 24.5. The Bertz CT molecular complexity index is 5170. The second-order valence-electron chi connectivity index (χ2n) is 46.9. The summed E-state index contributed by atoms with van der Waals surface area (Å²) in [5.41, 5.74) is 11.1. The lowest BCUT2D eigenvalue weighted by atomic mass is 9.78. The molecule has 20 heteroatoms. The summed E-state index contributed by atoms with van der Waals surface area (Å²) in [4.78, 5) is 111. The Hall–Kier alpha value is -12.3. The zero-order valence-electron chi connectivity index (χ0n) is 91.2. The smallest absolute Gasteiger partial charge is 0.338 e. The standard InChI is InChI=1S/C121H156O20/c1-69(2)109(126)138-101-73(9)49-85(50-74(101)10)134-105-89(113(17,18)19)57-81(58-90(105)114(20,21)22)41-45-97(122)130-65-121(66-131-98(123)46-42-82-59-91(115(23,24)25)106(92(60-82)116(26,27)28)135-86-51-75(11)102(76(12)52-86)139-110(127)70(3)4,67-132-99(124)47-43-83-61-93(117(29,30)31)107(94(62-83)118(32,33)34)136-87-53-77(13)103(78(14)54-87)140-111(128)71(5)6)68-133-100(125)48-44-84-63-95(119(35,36)37)108(96(64-84)120(38,39)40)137-88-55-79(15)104(80(16)56-88)141-112(129)72(7)8/h49-64H,1,3,5,7,41-48,65-68H2,2,4,6,8-40H3. The Morgan fingerprint density at radius 1 is 0.220 bits per heavy atom. The van der Waals surface area contributed by atoms with E-state index in [1.165, 1.54) is 0 Å². The Kier molecular flexibility index (Phi) is 36.3. The van der Waals surface area contributed by atoms with Gasteiger partial charge in [-0.1, -0.05) is 241 Å². The molecule has 0 atom stereocenters. The average molecular weight is 1930 g/mol. The Morgan fingerprint density at radius 3 is 0.475 bits per heavy atom. The van der Waals surface area contributed by atoms with Crippen LogP contribution in [0.5, 0.6) is 69.0 Å². The second kappa shape index (κ2) is 44.9. The van der Waals surface area contributed by atoms with Gasteiger partial charge in [0.1, 0.15) is 101 Å². The summed E-state index contributed by atoms with van der Waals surface area (Å²) in [7, 11) is 0. The van der Waals surface area contributed by atoms with Gasteiger partial charge in [-0.05, 0) is 267 Å². The fraction of sp³-hybridized carbons (Fsp3) is 0.471. The van der Waals surface area contributed by atoms with Gasteiger partial charge in [0.25, 0.3) is 0 Å². The van der Waals surface area contributed by atoms with Crippen molar-refractivity contribution in [3.05, 3.63) is 257 Å². The molecule has 0 saturated heterocycles. The van der Waals surface area contributed by atoms with Gasteiger partial charge < -0.3 is 56.8 Å². The number of carbonyl (C=O) groups excluding carboxylic acids is 8. The summed E-state index contributed by atoms with van der Waals surface area (Å²) in [5.74, 6) is 1.67. The van der Waals surface area contributed by atoms with Crippen LogP contribution in [0.2, 0.25) is 0 Å². The minimum atomic E-state index is -1.74. The highest BCUT2D eigenvalue weighted by molar-refractivity contribution is 5.91. The molecule has 0 aliphatic carbocycles. The third-order valence-electron chi connectivity index (χ3n) is 24.5. The fourth-order valence-corrected chi connectivity index (χ4v) is 16.4. The molecule has 0 spiro atoms. The van der Waals surface area contributed by atoms with Gasteiger partial charge in [0.05, 0.1) is 0 Å². The molecule has 0 bridgehead atoms. The summed E-state index contributed by atoms with van der Waals surface area (Å²) in [6.45, 7) is 84.3. The number of ether oxygens (including phenoxy) is 12. The molecule has 760 valence electrons. The molecule has 0 N–H and O–H groups in total. The SMILES string of the molecule is C=C(C)C(=O)Oc1c(C)cc(Oc2c(C(C)(C)C)cc(CCC(=O)OCC(COC(=O)CCc3cc(C(C)(C)C)c(Oc4cc(C)c(OC(=O)C(=C)C)c(C)c4)c(C(C)(C)C)c3)(COC(=O)CCc3cc(C(C)(C)C)c(Oc4cc(C)c(OC(=O)C(=C)C)c(C)c4)c(C(C)(C)C)c3)COC(=O)CCc3cc(C(C)(C)C)c(Oc4cc(C)c(OC(=O)C(=C)C)c(C)c4)c(C(C)(C)C)c3)cc2C(C)(C)C)cc1C. The number of esters is 8. The van der Waals surface area contributed by atoms with Crippen LogP contribution < -0.4 is 37.9 Å². The zero-order valence-corrected chi connectivity index (χ0v) is 91.2. The first-order chi connectivity index (χ1) is 64.7. The topological polar surface area (TPSA) is 247 Å². The van der Waals surface area contributed by atoms with Crippen LogP contribution in [-0.4, -0.2) is 74.2 Å². The highest BCUT2D eigenvalue weighted by Gasteiger charge is 2.41. The van der Waals surface area contributed by atoms with Crippen LogP contribution in [0.15, 0.2) is 146 Å². The molecule has 8 aromatic carbocycles. The number of carbonyl (C=O) groups is 8. The molecule has 0 radical (unpaired) electrons. The molecular formula is C121H156O20. The summed E-state index contributed by atoms with van der Waals surface area (Å²) >= 11 is 0. The molecule has 0 fully saturated rings. The predicted molar refractivity (Wildman–Crippen MR) is 561 cm³/mol. The molecule has 0 unspecified atom stereocenters. The van der Waals surface area contributed by atoms with E-state index < -0.39 is 123 Å². The molecule has 20 nitrogen and oxygen atoms in total. The largest absolute Gasteiger partial charge is 0.465 e. The maximum absolute atomic E-state index is 15.1. The van der Waals surface area contributed by atoms with Gasteiger partial charge in [-0.25, -0.2) is 19.2 Å². The first-order valence-corrected chi connectivity index (χ1v) is 48.8. The van der Waals surface area contributed by atoms with Crippen LogP contribution in [0.1, 0.15) is 331 Å². The van der Waals surface area contributed by atoms with Crippen molar-refractivity contribution in [3.8, 4) is 69.0 Å². The van der Waals surface area contributed by atoms with Crippen molar-refractivity contribution < 1.29 is 95.2 Å². The van der Waals surface area contributed by atoms with E-state index >= 15 is 19.2 Å². The van der Waals surface area contributed by atoms with Gasteiger partial charge in [0.2, 0.25) is 0 Å². The van der Waals surface area contributed by atoms with E-state index in [1.54, 1.807) is 27.7 Å². The summed E-state index contributed by atoms with van der Waals surface area (Å²) in [6, 6.07) is 31.1. The Balaban J connectivity index is 1.22. The van der Waals surface area contributed by atoms with Gasteiger partial charge in [-0.15, -0.1) is 0 Å². The number of aryl methyl sites for hydroxylation is 12. The lowest BCUT2D eigenvalue weighted by Gasteiger charge is -2.32. The summed E-state index contributed by atoms with van der Waals surface area (Å²) < 4.78 is 76.8. The third kappa shape index (κ3) is 30.9. The van der Waals surface area contributed by atoms with Crippen molar-refractivity contribution >= 4 is 47.8 Å². The van der Waals surface area contributed by atoms with Crippen molar-refractivity contribution in [2.45, 2.75) is 344 Å². The predicted octanol–water partition coefficient (Wildman–Crippen LogP) is 28.6. The lowest BCUT2D eigenvalue weighted by molar-refractivity contribution is -0.171. The first-order valence-electron chi connectivity index (χ1n) is 48.8. The molecule has 0 aliphatic heterocycles. The van der Waals surface area contributed by atoms with Crippen LogP contribution in [0.4, 0.5) is 0 Å². The minimum Gasteiger partial charge on any atom is -0.465 e. The summed E-state index contributed by atoms with van der Waals surface area (Å²) in [6.07, 6.45) is 0.209. The van der Waals surface area contributed by atoms with Crippen LogP contribution in [0.25, 0.3) is 0 Å². The maximum atomic E-state index is 15.1. The number of benzene rings is 8. The average Bonchev–Trinajstić information content (AvgIpc) is 0.776. The molecule has 0 heterocycles. The Morgan fingerprint density at radius 2 is 0.355 bits per heavy atom. The van der Waals surface area contributed by atoms with Crippen molar-refractivity contribution in [2.75, 3.05) is 26.4 Å². The zero-order chi connectivity index (χ0) is 106. The van der Waals surface area contributed by atoms with Crippen LogP contribution in [0.3, 0.4) is 0 Å². The van der Waals surface area contributed by atoms with E-state index in [9.17, 15) is 19.2 Å². The molecule has 8 aromatic rings. The Labute approximate surface area is 839 Å².